The van der Waals surface area contributed by atoms with Crippen molar-refractivity contribution >= 4 is 21.7 Å². The van der Waals surface area contributed by atoms with E-state index in [-0.39, 0.29) is 12.2 Å². The Bertz CT molecular complexity index is 632. The average molecular weight is 362 g/mol. The molecule has 5 heteroatoms. The third-order valence-corrected chi connectivity index (χ3v) is 4.42. The monoisotopic (exact) mass is 361 g/mol. The summed E-state index contributed by atoms with van der Waals surface area (Å²) >= 11 is 3.48. The first-order valence-electron chi connectivity index (χ1n) is 7.60. The molecule has 0 radical (unpaired) electrons. The first kappa shape index (κ1) is 15.4. The molecule has 0 unspecified atom stereocenters. The van der Waals surface area contributed by atoms with Gasteiger partial charge < -0.3 is 9.64 Å². The van der Waals surface area contributed by atoms with Gasteiger partial charge in [0, 0.05) is 29.3 Å². The van der Waals surface area contributed by atoms with E-state index in [1.807, 2.05) is 18.3 Å². The molecular formula is C17H20BrN3O. The second-order valence-corrected chi connectivity index (χ2v) is 6.67. The van der Waals surface area contributed by atoms with Gasteiger partial charge in [-0.1, -0.05) is 28.1 Å². The zero-order valence-electron chi connectivity index (χ0n) is 12.9. The molecule has 0 aliphatic carbocycles. The van der Waals surface area contributed by atoms with Crippen LogP contribution in [0.3, 0.4) is 0 Å². The van der Waals surface area contributed by atoms with Crippen molar-refractivity contribution in [3.05, 3.63) is 41.3 Å². The molecule has 2 atom stereocenters. The highest BCUT2D eigenvalue weighted by molar-refractivity contribution is 9.10. The zero-order chi connectivity index (χ0) is 15.5. The van der Waals surface area contributed by atoms with E-state index >= 15 is 0 Å². The van der Waals surface area contributed by atoms with Crippen LogP contribution in [0.2, 0.25) is 0 Å². The number of benzene rings is 1. The molecule has 1 aromatic carbocycles. The fourth-order valence-electron chi connectivity index (χ4n) is 2.85. The van der Waals surface area contributed by atoms with Gasteiger partial charge in [-0.05, 0) is 38.0 Å². The Balaban J connectivity index is 1.95. The molecule has 1 aromatic heterocycles. The van der Waals surface area contributed by atoms with Gasteiger partial charge >= 0.3 is 0 Å². The summed E-state index contributed by atoms with van der Waals surface area (Å²) in [5, 5.41) is 0. The van der Waals surface area contributed by atoms with E-state index in [1.165, 1.54) is 0 Å². The Morgan fingerprint density at radius 3 is 2.73 bits per heavy atom. The first-order chi connectivity index (χ1) is 10.6. The van der Waals surface area contributed by atoms with Crippen LogP contribution >= 0.6 is 15.9 Å². The normalized spacial score (nSPS) is 22.4. The van der Waals surface area contributed by atoms with E-state index in [0.717, 1.165) is 40.9 Å². The maximum atomic E-state index is 5.93. The number of anilines is 1. The lowest BCUT2D eigenvalue weighted by Gasteiger charge is -2.25. The highest BCUT2D eigenvalue weighted by Gasteiger charge is 2.22. The minimum absolute atomic E-state index is 0.199. The van der Waals surface area contributed by atoms with Gasteiger partial charge in [-0.2, -0.15) is 0 Å². The van der Waals surface area contributed by atoms with E-state index in [1.54, 1.807) is 6.33 Å². The van der Waals surface area contributed by atoms with E-state index in [0.29, 0.717) is 0 Å². The largest absolute Gasteiger partial charge is 0.374 e. The Morgan fingerprint density at radius 1 is 1.18 bits per heavy atom. The second-order valence-electron chi connectivity index (χ2n) is 5.76. The van der Waals surface area contributed by atoms with E-state index in [4.69, 9.17) is 4.74 Å². The molecule has 1 aliphatic rings. The SMILES string of the molecule is C[C@@H]1CCN(c2ncncc2-c2ccc(Br)cc2)C[C@H](C)O1. The first-order valence-corrected chi connectivity index (χ1v) is 8.39. The summed E-state index contributed by atoms with van der Waals surface area (Å²) in [6.45, 7) is 6.06. The Morgan fingerprint density at radius 2 is 1.95 bits per heavy atom. The summed E-state index contributed by atoms with van der Waals surface area (Å²) in [5.74, 6) is 0.988. The van der Waals surface area contributed by atoms with Crippen molar-refractivity contribution in [2.45, 2.75) is 32.5 Å². The van der Waals surface area contributed by atoms with E-state index in [2.05, 4.69) is 56.8 Å². The molecule has 0 saturated carbocycles. The molecule has 0 amide bonds. The highest BCUT2D eigenvalue weighted by Crippen LogP contribution is 2.30. The number of aromatic nitrogens is 2. The van der Waals surface area contributed by atoms with Crippen molar-refractivity contribution in [2.75, 3.05) is 18.0 Å². The van der Waals surface area contributed by atoms with Crippen LogP contribution in [0.5, 0.6) is 0 Å². The maximum absolute atomic E-state index is 5.93. The lowest BCUT2D eigenvalue weighted by molar-refractivity contribution is 0.0211. The van der Waals surface area contributed by atoms with Gasteiger partial charge in [0.2, 0.25) is 0 Å². The fraction of sp³-hybridized carbons (Fsp3) is 0.412. The van der Waals surface area contributed by atoms with Gasteiger partial charge in [-0.3, -0.25) is 0 Å². The lowest BCUT2D eigenvalue weighted by atomic mass is 10.1. The Kier molecular flexibility index (Phi) is 4.74. The Hall–Kier alpha value is -1.46. The molecule has 1 saturated heterocycles. The average Bonchev–Trinajstić information content (AvgIpc) is 2.68. The molecule has 1 fully saturated rings. The molecule has 2 aromatic rings. The molecule has 1 aliphatic heterocycles. The number of hydrogen-bond acceptors (Lipinski definition) is 4. The van der Waals surface area contributed by atoms with Crippen molar-refractivity contribution in [3.63, 3.8) is 0 Å². The third-order valence-electron chi connectivity index (χ3n) is 3.89. The smallest absolute Gasteiger partial charge is 0.139 e. The molecular weight excluding hydrogens is 342 g/mol. The molecule has 22 heavy (non-hydrogen) atoms. The minimum Gasteiger partial charge on any atom is -0.374 e. The third kappa shape index (κ3) is 3.47. The van der Waals surface area contributed by atoms with Crippen molar-refractivity contribution in [1.29, 1.82) is 0 Å². The van der Waals surface area contributed by atoms with Crippen LogP contribution in [0.1, 0.15) is 20.3 Å². The number of ether oxygens (including phenoxy) is 1. The van der Waals surface area contributed by atoms with Crippen molar-refractivity contribution in [1.82, 2.24) is 9.97 Å². The van der Waals surface area contributed by atoms with Crippen LogP contribution in [-0.4, -0.2) is 35.3 Å². The predicted octanol–water partition coefficient (Wildman–Crippen LogP) is 3.91. The minimum atomic E-state index is 0.199. The van der Waals surface area contributed by atoms with Gasteiger partial charge in [0.1, 0.15) is 12.1 Å². The van der Waals surface area contributed by atoms with Crippen molar-refractivity contribution in [2.24, 2.45) is 0 Å². The zero-order valence-corrected chi connectivity index (χ0v) is 14.5. The molecule has 2 heterocycles. The highest BCUT2D eigenvalue weighted by atomic mass is 79.9. The quantitative estimate of drug-likeness (QED) is 0.812. The summed E-state index contributed by atoms with van der Waals surface area (Å²) in [4.78, 5) is 11.1. The van der Waals surface area contributed by atoms with Gasteiger partial charge in [0.25, 0.3) is 0 Å². The maximum Gasteiger partial charge on any atom is 0.139 e. The summed E-state index contributed by atoms with van der Waals surface area (Å²) in [6.07, 6.45) is 5.01. The van der Waals surface area contributed by atoms with Crippen LogP contribution in [0.4, 0.5) is 5.82 Å². The standard InChI is InChI=1S/C17H20BrN3O/c1-12-7-8-21(10-13(2)22-12)17-16(9-19-11-20-17)14-3-5-15(18)6-4-14/h3-6,9,11-13H,7-8,10H2,1-2H3/t12-,13+/m1/s1. The van der Waals surface area contributed by atoms with Gasteiger partial charge in [-0.15, -0.1) is 0 Å². The molecule has 0 bridgehead atoms. The van der Waals surface area contributed by atoms with Crippen molar-refractivity contribution in [3.8, 4) is 11.1 Å². The summed E-state index contributed by atoms with van der Waals surface area (Å²) in [5.41, 5.74) is 2.20. The van der Waals surface area contributed by atoms with Crippen LogP contribution in [-0.2, 0) is 4.74 Å². The van der Waals surface area contributed by atoms with Crippen LogP contribution in [0, 0.1) is 0 Å². The Labute approximate surface area is 139 Å². The van der Waals surface area contributed by atoms with Crippen LogP contribution in [0.25, 0.3) is 11.1 Å². The van der Waals surface area contributed by atoms with Gasteiger partial charge in [0.05, 0.1) is 12.2 Å². The number of nitrogens with zero attached hydrogens (tertiary/aromatic N) is 3. The number of halogens is 1. The molecule has 0 spiro atoms. The van der Waals surface area contributed by atoms with Crippen molar-refractivity contribution < 1.29 is 4.74 Å². The summed E-state index contributed by atoms with van der Waals surface area (Å²) in [7, 11) is 0. The van der Waals surface area contributed by atoms with Gasteiger partial charge in [0.15, 0.2) is 0 Å². The molecule has 3 rings (SSSR count). The second kappa shape index (κ2) is 6.75. The van der Waals surface area contributed by atoms with E-state index < -0.39 is 0 Å². The number of rotatable bonds is 2. The number of hydrogen-bond donors (Lipinski definition) is 0. The topological polar surface area (TPSA) is 38.2 Å². The van der Waals surface area contributed by atoms with Gasteiger partial charge in [-0.25, -0.2) is 9.97 Å². The fourth-order valence-corrected chi connectivity index (χ4v) is 3.11. The van der Waals surface area contributed by atoms with Crippen LogP contribution in [0.15, 0.2) is 41.3 Å². The van der Waals surface area contributed by atoms with Crippen LogP contribution < -0.4 is 4.90 Å². The van der Waals surface area contributed by atoms with E-state index in [9.17, 15) is 0 Å². The lowest BCUT2D eigenvalue weighted by Crippen LogP contribution is -2.31. The predicted molar refractivity (Wildman–Crippen MR) is 92.0 cm³/mol. The molecule has 0 N–H and O–H groups in total. The summed E-state index contributed by atoms with van der Waals surface area (Å²) in [6, 6.07) is 8.27. The summed E-state index contributed by atoms with van der Waals surface area (Å²) < 4.78 is 7.00. The molecule has 4 nitrogen and oxygen atoms in total. The molecule has 116 valence electrons.